The highest BCUT2D eigenvalue weighted by atomic mass is 15.2. The second kappa shape index (κ2) is 16.2. The van der Waals surface area contributed by atoms with Gasteiger partial charge < -0.3 is 15.1 Å². The fourth-order valence-corrected chi connectivity index (χ4v) is 14.6. The smallest absolute Gasteiger partial charge is 0.0558 e. The monoisotopic (exact) mass is 883 g/mol. The van der Waals surface area contributed by atoms with Crippen molar-refractivity contribution in [2.45, 2.75) is 81.3 Å². The van der Waals surface area contributed by atoms with E-state index < -0.39 is 0 Å². The molecular weight excluding hydrogens is 823 g/mol. The van der Waals surface area contributed by atoms with E-state index in [2.05, 4.69) is 247 Å². The summed E-state index contributed by atoms with van der Waals surface area (Å²) >= 11 is 0. The van der Waals surface area contributed by atoms with Crippen molar-refractivity contribution in [2.24, 2.45) is 23.2 Å². The number of para-hydroxylation sites is 2. The first-order valence-corrected chi connectivity index (χ1v) is 25.4. The molecule has 7 unspecified atom stereocenters. The number of benzene rings is 5. The van der Waals surface area contributed by atoms with Gasteiger partial charge in [0.25, 0.3) is 0 Å². The first kappa shape index (κ1) is 41.4. The molecule has 3 heteroatoms. The van der Waals surface area contributed by atoms with Gasteiger partial charge in [-0.25, -0.2) is 0 Å². The standard InChI is InChI=1S/C65H61N3/c1-63(2)55-43-49(67-59-35-19-15-31-51(59)64(45-23-7-3-8-24-45,46-25-9-4-10-26-46)52-32-16-20-36-60(52)67)39-41-57(55)66-58-42-40-50(44-56(58)63)68-61-37-21-17-33-53(61)65(47-27-11-5-12-28-47,48-29-13-6-14-30-48)54-34-18-22-38-62(54)68/h3-13,15-28,31,33-37,39,41-44,48,50,52,55,57,62,66H,14,29-30,32,38,40H2,1-2H3. The Morgan fingerprint density at radius 3 is 1.93 bits per heavy atom. The predicted molar refractivity (Wildman–Crippen MR) is 281 cm³/mol. The van der Waals surface area contributed by atoms with Gasteiger partial charge in [0.15, 0.2) is 0 Å². The largest absolute Gasteiger partial charge is 0.378 e. The van der Waals surface area contributed by atoms with Crippen molar-refractivity contribution < 1.29 is 0 Å². The summed E-state index contributed by atoms with van der Waals surface area (Å²) in [4.78, 5) is 5.46. The van der Waals surface area contributed by atoms with Gasteiger partial charge in [0.05, 0.1) is 29.2 Å². The van der Waals surface area contributed by atoms with Crippen LogP contribution in [-0.2, 0) is 10.8 Å². The van der Waals surface area contributed by atoms with E-state index in [0.717, 1.165) is 32.1 Å². The number of allylic oxidation sites excluding steroid dienone is 10. The third-order valence-electron chi connectivity index (χ3n) is 17.5. The average Bonchev–Trinajstić information content (AvgIpc) is 3.40. The molecule has 336 valence electrons. The zero-order chi connectivity index (χ0) is 45.5. The minimum Gasteiger partial charge on any atom is -0.378 e. The quantitative estimate of drug-likeness (QED) is 0.171. The molecule has 1 fully saturated rings. The Balaban J connectivity index is 0.911. The van der Waals surface area contributed by atoms with Gasteiger partial charge in [0.2, 0.25) is 0 Å². The van der Waals surface area contributed by atoms with E-state index >= 15 is 0 Å². The minimum absolute atomic E-state index is 0.146. The number of hydrogen-bond donors (Lipinski definition) is 1. The predicted octanol–water partition coefficient (Wildman–Crippen LogP) is 14.4. The topological polar surface area (TPSA) is 18.5 Å². The van der Waals surface area contributed by atoms with Crippen molar-refractivity contribution in [2.75, 3.05) is 9.80 Å². The van der Waals surface area contributed by atoms with Gasteiger partial charge in [-0.1, -0.05) is 208 Å². The van der Waals surface area contributed by atoms with Gasteiger partial charge in [0.1, 0.15) is 0 Å². The highest BCUT2D eigenvalue weighted by molar-refractivity contribution is 5.77. The molecule has 13 rings (SSSR count). The molecular formula is C65H61N3. The van der Waals surface area contributed by atoms with Crippen molar-refractivity contribution in [3.8, 4) is 0 Å². The zero-order valence-electron chi connectivity index (χ0n) is 39.4. The number of piperidine rings is 1. The Bertz CT molecular complexity index is 3030. The normalized spacial score (nSPS) is 28.9. The van der Waals surface area contributed by atoms with Crippen LogP contribution in [0, 0.1) is 23.2 Å². The first-order valence-electron chi connectivity index (χ1n) is 25.4. The molecule has 0 amide bonds. The molecule has 8 aliphatic rings. The summed E-state index contributed by atoms with van der Waals surface area (Å²) in [7, 11) is 0. The van der Waals surface area contributed by atoms with Crippen molar-refractivity contribution >= 4 is 11.4 Å². The molecule has 3 aliphatic heterocycles. The van der Waals surface area contributed by atoms with E-state index in [1.54, 1.807) is 5.57 Å². The minimum atomic E-state index is -0.356. The molecule has 1 saturated heterocycles. The van der Waals surface area contributed by atoms with E-state index in [1.165, 1.54) is 68.3 Å². The van der Waals surface area contributed by atoms with Gasteiger partial charge in [-0.3, -0.25) is 0 Å². The molecule has 3 heterocycles. The number of anilines is 2. The van der Waals surface area contributed by atoms with Crippen molar-refractivity contribution in [3.05, 3.63) is 275 Å². The van der Waals surface area contributed by atoms with Crippen LogP contribution >= 0.6 is 0 Å². The number of nitrogens with one attached hydrogen (secondary N) is 1. The molecule has 5 aromatic rings. The van der Waals surface area contributed by atoms with Gasteiger partial charge in [-0.05, 0) is 108 Å². The molecule has 68 heavy (non-hydrogen) atoms. The molecule has 0 saturated carbocycles. The molecule has 1 N–H and O–H groups in total. The third-order valence-corrected chi connectivity index (χ3v) is 17.5. The van der Waals surface area contributed by atoms with Crippen molar-refractivity contribution in [1.82, 2.24) is 5.32 Å². The highest BCUT2D eigenvalue weighted by Crippen LogP contribution is 2.61. The number of hydrogen-bond acceptors (Lipinski definition) is 3. The molecule has 3 nitrogen and oxygen atoms in total. The summed E-state index contributed by atoms with van der Waals surface area (Å²) in [6.45, 7) is 5.03. The fraction of sp³-hybridized carbons (Fsp3) is 0.262. The summed E-state index contributed by atoms with van der Waals surface area (Å²) in [5.74, 6) is 0.921. The van der Waals surface area contributed by atoms with E-state index in [4.69, 9.17) is 0 Å². The number of nitrogens with zero attached hydrogens (tertiary/aromatic N) is 2. The lowest BCUT2D eigenvalue weighted by atomic mass is 9.54. The van der Waals surface area contributed by atoms with Gasteiger partial charge in [-0.15, -0.1) is 0 Å². The van der Waals surface area contributed by atoms with Crippen LogP contribution in [0.5, 0.6) is 0 Å². The number of fused-ring (bicyclic) bond motifs is 6. The molecule has 5 aliphatic carbocycles. The van der Waals surface area contributed by atoms with E-state index in [0.29, 0.717) is 5.92 Å². The molecule has 0 aromatic heterocycles. The van der Waals surface area contributed by atoms with Gasteiger partial charge in [0, 0.05) is 45.4 Å². The maximum Gasteiger partial charge on any atom is 0.0558 e. The maximum atomic E-state index is 4.11. The Morgan fingerprint density at radius 1 is 0.588 bits per heavy atom. The SMILES string of the molecule is CC1(C)C2=CC(N3c4ccccc4C(c4ccccc4)(C4CC=CCC4)C4=CC=CCC43)CC=C2NC2C=CC(N3C4=CC=CCC4C(c4ccccc4)(c4ccccc4)c4ccccc43)=CC21. The van der Waals surface area contributed by atoms with E-state index in [1.807, 2.05) is 0 Å². The Hall–Kier alpha value is -6.84. The highest BCUT2D eigenvalue weighted by Gasteiger charge is 2.56. The second-order valence-electron chi connectivity index (χ2n) is 21.0. The van der Waals surface area contributed by atoms with E-state index in [9.17, 15) is 0 Å². The summed E-state index contributed by atoms with van der Waals surface area (Å²) in [5, 5.41) is 4.11. The first-order chi connectivity index (χ1) is 33.5. The molecule has 0 radical (unpaired) electrons. The van der Waals surface area contributed by atoms with Crippen LogP contribution in [0.15, 0.2) is 247 Å². The van der Waals surface area contributed by atoms with Crippen molar-refractivity contribution in [1.29, 1.82) is 0 Å². The van der Waals surface area contributed by atoms with Crippen LogP contribution < -0.4 is 15.1 Å². The summed E-state index contributed by atoms with van der Waals surface area (Å²) in [5.41, 5.74) is 15.9. The second-order valence-corrected chi connectivity index (χ2v) is 21.0. The summed E-state index contributed by atoms with van der Waals surface area (Å²) < 4.78 is 0. The number of rotatable bonds is 6. The Kier molecular flexibility index (Phi) is 9.83. The molecule has 5 aromatic carbocycles. The van der Waals surface area contributed by atoms with Crippen LogP contribution in [0.2, 0.25) is 0 Å². The summed E-state index contributed by atoms with van der Waals surface area (Å²) in [6, 6.07) is 53.5. The lowest BCUT2D eigenvalue weighted by Crippen LogP contribution is -2.57. The Morgan fingerprint density at radius 2 is 1.22 bits per heavy atom. The van der Waals surface area contributed by atoms with Gasteiger partial charge in [-0.2, -0.15) is 0 Å². The van der Waals surface area contributed by atoms with Gasteiger partial charge >= 0.3 is 0 Å². The van der Waals surface area contributed by atoms with Crippen molar-refractivity contribution in [3.63, 3.8) is 0 Å². The van der Waals surface area contributed by atoms with Crippen LogP contribution in [0.3, 0.4) is 0 Å². The van der Waals surface area contributed by atoms with Crippen LogP contribution in [0.4, 0.5) is 11.4 Å². The summed E-state index contributed by atoms with van der Waals surface area (Å²) in [6.07, 6.45) is 38.3. The molecule has 0 spiro atoms. The lowest BCUT2D eigenvalue weighted by Gasteiger charge is -2.57. The maximum absolute atomic E-state index is 4.11. The van der Waals surface area contributed by atoms with Crippen LogP contribution in [-0.4, -0.2) is 18.1 Å². The zero-order valence-corrected chi connectivity index (χ0v) is 39.4. The van der Waals surface area contributed by atoms with Crippen LogP contribution in [0.25, 0.3) is 0 Å². The third kappa shape index (κ3) is 5.97. The average molecular weight is 884 g/mol. The Labute approximate surface area is 403 Å². The van der Waals surface area contributed by atoms with Crippen LogP contribution in [0.1, 0.15) is 80.2 Å². The molecule has 7 atom stereocenters. The molecule has 0 bridgehead atoms. The lowest BCUT2D eigenvalue weighted by molar-refractivity contribution is 0.245. The fourth-order valence-electron chi connectivity index (χ4n) is 14.6. The van der Waals surface area contributed by atoms with E-state index in [-0.39, 0.29) is 46.2 Å².